The number of anilines is 1. The van der Waals surface area contributed by atoms with Crippen molar-refractivity contribution in [3.05, 3.63) is 57.3 Å². The fraction of sp³-hybridized carbons (Fsp3) is 0.333. The minimum absolute atomic E-state index is 0.000502. The molecular weight excluding hydrogens is 668 g/mol. The summed E-state index contributed by atoms with van der Waals surface area (Å²) < 4.78 is 55.3. The van der Waals surface area contributed by atoms with E-state index in [1.165, 1.54) is 21.8 Å². The zero-order chi connectivity index (χ0) is 31.8. The van der Waals surface area contributed by atoms with Crippen LogP contribution in [0.2, 0.25) is 5.15 Å². The Morgan fingerprint density at radius 2 is 1.76 bits per heavy atom. The fourth-order valence-electron chi connectivity index (χ4n) is 5.15. The molecule has 0 saturated heterocycles. The number of ether oxygens (including phenoxy) is 1. The van der Waals surface area contributed by atoms with Crippen LogP contribution in [0.1, 0.15) is 18.7 Å². The summed E-state index contributed by atoms with van der Waals surface area (Å²) in [7, 11) is -10.2. The molecule has 0 amide bonds. The number of H-pyrrole nitrogens is 1. The molecule has 6 atom stereocenters. The Labute approximate surface area is 253 Å². The first-order chi connectivity index (χ1) is 21.3. The van der Waals surface area contributed by atoms with Gasteiger partial charge in [-0.1, -0.05) is 11.6 Å². The molecule has 3 aliphatic rings. The van der Waals surface area contributed by atoms with Crippen molar-refractivity contribution in [2.24, 2.45) is 0 Å². The van der Waals surface area contributed by atoms with Crippen LogP contribution in [0.4, 0.5) is 5.95 Å². The number of aliphatic hydroxyl groups excluding tert-OH is 2. The highest BCUT2D eigenvalue weighted by Crippen LogP contribution is 2.55. The van der Waals surface area contributed by atoms with E-state index in [-0.39, 0.29) is 45.4 Å². The summed E-state index contributed by atoms with van der Waals surface area (Å²) in [6.07, 6.45) is -1.54. The SMILES string of the molecule is Nc1nc2c(ncn2[C@@H]2CC3=C(O)C2OP(=O)(O)OCC2=C(OP(=O)(O)OC3)C(O)[C@H](n3cnc4c(Cl)ncnc43)O2)c(=O)[nH]1. The van der Waals surface area contributed by atoms with Gasteiger partial charge in [-0.15, -0.1) is 0 Å². The summed E-state index contributed by atoms with van der Waals surface area (Å²) in [5.74, 6) is -2.01. The van der Waals surface area contributed by atoms with Gasteiger partial charge in [-0.05, 0) is 12.0 Å². The molecule has 2 bridgehead atoms. The summed E-state index contributed by atoms with van der Waals surface area (Å²) in [5.41, 5.74) is 5.08. The maximum Gasteiger partial charge on any atom is 0.527 e. The summed E-state index contributed by atoms with van der Waals surface area (Å²) in [5, 5.41) is 22.1. The molecule has 1 aliphatic carbocycles. The number of rotatable bonds is 2. The number of imidazole rings is 2. The molecule has 45 heavy (non-hydrogen) atoms. The van der Waals surface area contributed by atoms with E-state index in [0.717, 1.165) is 6.33 Å². The number of nitrogens with two attached hydrogens (primary N) is 1. The molecule has 4 aromatic heterocycles. The highest BCUT2D eigenvalue weighted by molar-refractivity contribution is 7.47. The first kappa shape index (κ1) is 29.8. The fourth-order valence-corrected chi connectivity index (χ4v) is 7.02. The Balaban J connectivity index is 1.23. The zero-order valence-electron chi connectivity index (χ0n) is 22.2. The maximum absolute atomic E-state index is 13.2. The standard InChI is InChI=1S/C21H20ClN9O12P2/c22-16-10-17(25-4-24-16)31(6-26-10)20-13(33)15-9(41-20)3-40-45(37,38)42-14-8(1-7(12(14)32)2-39-44(35,36)43-15)30-5-27-11-18(30)28-21(23)29-19(11)34/h4-6,8,13-14,20,32-33H,1-3H2,(H,35,36)(H,37,38)(H3,23,28,29,34)/t8-,13?,14?,20-/m1/s1. The van der Waals surface area contributed by atoms with Gasteiger partial charge in [0.15, 0.2) is 39.6 Å². The number of aliphatic hydroxyl groups is 2. The number of aromatic nitrogens is 8. The van der Waals surface area contributed by atoms with Gasteiger partial charge in [-0.3, -0.25) is 32.8 Å². The van der Waals surface area contributed by atoms with Crippen molar-refractivity contribution in [3.8, 4) is 0 Å². The van der Waals surface area contributed by atoms with E-state index in [2.05, 4.69) is 29.9 Å². The third-order valence-electron chi connectivity index (χ3n) is 7.13. The van der Waals surface area contributed by atoms with E-state index in [9.17, 15) is 33.9 Å². The van der Waals surface area contributed by atoms with Crippen LogP contribution < -0.4 is 11.3 Å². The van der Waals surface area contributed by atoms with Crippen molar-refractivity contribution in [3.63, 3.8) is 0 Å². The summed E-state index contributed by atoms with van der Waals surface area (Å²) in [4.78, 5) is 55.9. The number of nitrogens with zero attached hydrogens (tertiary/aromatic N) is 7. The number of phosphoric acid groups is 2. The lowest BCUT2D eigenvalue weighted by Gasteiger charge is -2.24. The maximum atomic E-state index is 13.2. The van der Waals surface area contributed by atoms with Crippen molar-refractivity contribution in [1.82, 2.24) is 39.0 Å². The van der Waals surface area contributed by atoms with Gasteiger partial charge in [-0.2, -0.15) is 4.98 Å². The van der Waals surface area contributed by atoms with Crippen LogP contribution in [0, 0.1) is 0 Å². The summed E-state index contributed by atoms with van der Waals surface area (Å²) >= 11 is 6.06. The zero-order valence-corrected chi connectivity index (χ0v) is 24.7. The van der Waals surface area contributed by atoms with Gasteiger partial charge in [0.2, 0.25) is 12.2 Å². The van der Waals surface area contributed by atoms with Crippen LogP contribution in [0.5, 0.6) is 0 Å². The molecule has 238 valence electrons. The Morgan fingerprint density at radius 1 is 1.02 bits per heavy atom. The smallest absolute Gasteiger partial charge is 0.509 e. The van der Waals surface area contributed by atoms with Crippen molar-refractivity contribution < 1.29 is 52.0 Å². The molecule has 6 heterocycles. The minimum atomic E-state index is -5.10. The Hall–Kier alpha value is -3.91. The highest BCUT2D eigenvalue weighted by atomic mass is 35.5. The third kappa shape index (κ3) is 5.17. The molecule has 0 aromatic carbocycles. The summed E-state index contributed by atoms with van der Waals surface area (Å²) in [6, 6.07) is -1.08. The predicted molar refractivity (Wildman–Crippen MR) is 147 cm³/mol. The van der Waals surface area contributed by atoms with Gasteiger partial charge < -0.3 is 34.7 Å². The molecule has 24 heteroatoms. The number of halogens is 1. The van der Waals surface area contributed by atoms with E-state index >= 15 is 0 Å². The van der Waals surface area contributed by atoms with E-state index in [0.29, 0.717) is 0 Å². The number of nitrogens with one attached hydrogen (secondary N) is 1. The molecule has 21 nitrogen and oxygen atoms in total. The first-order valence-electron chi connectivity index (χ1n) is 12.7. The van der Waals surface area contributed by atoms with Crippen molar-refractivity contribution in [2.45, 2.75) is 30.9 Å². The van der Waals surface area contributed by atoms with Crippen molar-refractivity contribution in [2.75, 3.05) is 18.9 Å². The Kier molecular flexibility index (Phi) is 7.00. The van der Waals surface area contributed by atoms with Crippen LogP contribution in [0.15, 0.2) is 46.6 Å². The van der Waals surface area contributed by atoms with Gasteiger partial charge in [0.25, 0.3) is 5.56 Å². The molecular formula is C21H20ClN9O12P2. The van der Waals surface area contributed by atoms with E-state index in [1.807, 2.05) is 0 Å². The normalized spacial score (nSPS) is 30.9. The molecule has 0 radical (unpaired) electrons. The lowest BCUT2D eigenvalue weighted by atomic mass is 10.1. The largest absolute Gasteiger partial charge is 0.527 e. The lowest BCUT2D eigenvalue weighted by Crippen LogP contribution is -2.25. The van der Waals surface area contributed by atoms with Crippen molar-refractivity contribution in [1.29, 1.82) is 0 Å². The van der Waals surface area contributed by atoms with Crippen molar-refractivity contribution >= 4 is 55.5 Å². The molecule has 2 aliphatic heterocycles. The molecule has 0 fully saturated rings. The van der Waals surface area contributed by atoms with Crippen LogP contribution in [0.3, 0.4) is 0 Å². The van der Waals surface area contributed by atoms with Crippen LogP contribution in [-0.2, 0) is 32.0 Å². The lowest BCUT2D eigenvalue weighted by molar-refractivity contribution is -0.0135. The van der Waals surface area contributed by atoms with Gasteiger partial charge in [-0.25, -0.2) is 29.1 Å². The number of hydrogen-bond acceptors (Lipinski definition) is 16. The minimum Gasteiger partial charge on any atom is -0.509 e. The number of nitrogen functional groups attached to an aromatic ring is 1. The Bertz CT molecular complexity index is 2100. The second-order valence-corrected chi connectivity index (χ2v) is 13.0. The van der Waals surface area contributed by atoms with Crippen LogP contribution in [0.25, 0.3) is 22.3 Å². The first-order valence-corrected chi connectivity index (χ1v) is 16.1. The molecule has 0 spiro atoms. The molecule has 7 N–H and O–H groups in total. The average molecular weight is 688 g/mol. The third-order valence-corrected chi connectivity index (χ3v) is 9.24. The molecule has 4 aromatic rings. The van der Waals surface area contributed by atoms with E-state index < -0.39 is 76.2 Å². The van der Waals surface area contributed by atoms with Gasteiger partial charge in [0.05, 0.1) is 19.0 Å². The Morgan fingerprint density at radius 3 is 2.56 bits per heavy atom. The number of aromatic amines is 1. The topological polar surface area (TPSA) is 294 Å². The van der Waals surface area contributed by atoms with Gasteiger partial charge >= 0.3 is 15.6 Å². The highest BCUT2D eigenvalue weighted by Gasteiger charge is 2.47. The summed E-state index contributed by atoms with van der Waals surface area (Å²) in [6.45, 7) is -1.67. The predicted octanol–water partition coefficient (Wildman–Crippen LogP) is 0.703. The molecule has 0 saturated carbocycles. The number of hydrogen-bond donors (Lipinski definition) is 6. The second-order valence-electron chi connectivity index (χ2n) is 9.87. The van der Waals surface area contributed by atoms with Crippen LogP contribution in [-0.4, -0.2) is 84.5 Å². The van der Waals surface area contributed by atoms with E-state index in [4.69, 9.17) is 40.2 Å². The van der Waals surface area contributed by atoms with E-state index in [1.54, 1.807) is 0 Å². The van der Waals surface area contributed by atoms with Gasteiger partial charge in [0.1, 0.15) is 36.6 Å². The van der Waals surface area contributed by atoms with Gasteiger partial charge in [0, 0.05) is 0 Å². The second kappa shape index (κ2) is 10.6. The monoisotopic (exact) mass is 687 g/mol. The average Bonchev–Trinajstić information content (AvgIpc) is 3.72. The van der Waals surface area contributed by atoms with Crippen LogP contribution >= 0.6 is 27.2 Å². The quantitative estimate of drug-likeness (QED) is 0.125. The number of phosphoric ester groups is 2. The number of fused-ring (bicyclic) bond motifs is 3. The molecule has 7 rings (SSSR count). The molecule has 4 unspecified atom stereocenters.